The van der Waals surface area contributed by atoms with Crippen molar-refractivity contribution in [3.05, 3.63) is 46.1 Å². The van der Waals surface area contributed by atoms with E-state index in [4.69, 9.17) is 17.3 Å². The predicted octanol–water partition coefficient (Wildman–Crippen LogP) is 3.31. The van der Waals surface area contributed by atoms with Gasteiger partial charge in [-0.25, -0.2) is 13.5 Å². The lowest BCUT2D eigenvalue weighted by Gasteiger charge is -2.15. The highest BCUT2D eigenvalue weighted by Crippen LogP contribution is 2.30. The molecule has 1 atom stereocenters. The molecule has 18 heavy (non-hydrogen) atoms. The first kappa shape index (κ1) is 12.8. The molecule has 0 aliphatic heterocycles. The first-order chi connectivity index (χ1) is 8.43. The van der Waals surface area contributed by atoms with Gasteiger partial charge >= 0.3 is 0 Å². The molecule has 0 saturated carbocycles. The summed E-state index contributed by atoms with van der Waals surface area (Å²) in [7, 11) is 0. The van der Waals surface area contributed by atoms with Crippen molar-refractivity contribution in [2.75, 3.05) is 5.73 Å². The van der Waals surface area contributed by atoms with Crippen LogP contribution in [-0.4, -0.2) is 9.78 Å². The van der Waals surface area contributed by atoms with Crippen LogP contribution in [0.2, 0.25) is 5.02 Å². The molecule has 2 N–H and O–H groups in total. The summed E-state index contributed by atoms with van der Waals surface area (Å²) in [6.07, 6.45) is 0. The Labute approximate surface area is 108 Å². The second-order valence-corrected chi connectivity index (χ2v) is 4.42. The summed E-state index contributed by atoms with van der Waals surface area (Å²) >= 11 is 5.91. The lowest BCUT2D eigenvalue weighted by atomic mass is 10.1. The Hall–Kier alpha value is -1.62. The second kappa shape index (κ2) is 4.57. The Balaban J connectivity index is 2.55. The van der Waals surface area contributed by atoms with Gasteiger partial charge in [-0.15, -0.1) is 0 Å². The fourth-order valence-electron chi connectivity index (χ4n) is 1.87. The number of hydrogen-bond donors (Lipinski definition) is 1. The van der Waals surface area contributed by atoms with Crippen molar-refractivity contribution in [2.45, 2.75) is 19.9 Å². The third-order valence-corrected chi connectivity index (χ3v) is 3.30. The van der Waals surface area contributed by atoms with E-state index in [9.17, 15) is 8.78 Å². The van der Waals surface area contributed by atoms with Crippen LogP contribution in [-0.2, 0) is 0 Å². The van der Waals surface area contributed by atoms with Gasteiger partial charge in [-0.1, -0.05) is 17.7 Å². The van der Waals surface area contributed by atoms with Gasteiger partial charge in [0.05, 0.1) is 11.7 Å². The van der Waals surface area contributed by atoms with Gasteiger partial charge in [0.2, 0.25) is 0 Å². The zero-order valence-electron chi connectivity index (χ0n) is 9.92. The van der Waals surface area contributed by atoms with Crippen LogP contribution in [0.1, 0.15) is 24.2 Å². The van der Waals surface area contributed by atoms with Gasteiger partial charge in [-0.3, -0.25) is 0 Å². The summed E-state index contributed by atoms with van der Waals surface area (Å²) in [4.78, 5) is 0. The number of nitrogen functional groups attached to an aromatic ring is 1. The van der Waals surface area contributed by atoms with Crippen molar-refractivity contribution in [1.82, 2.24) is 9.78 Å². The molecule has 0 saturated heterocycles. The number of nitrogens with two attached hydrogens (primary N) is 1. The molecule has 2 aromatic rings. The molecule has 0 radical (unpaired) electrons. The van der Waals surface area contributed by atoms with E-state index >= 15 is 0 Å². The molecular weight excluding hydrogens is 260 g/mol. The smallest absolute Gasteiger partial charge is 0.141 e. The summed E-state index contributed by atoms with van der Waals surface area (Å²) < 4.78 is 28.7. The Morgan fingerprint density at radius 3 is 2.33 bits per heavy atom. The highest BCUT2D eigenvalue weighted by Gasteiger charge is 2.22. The summed E-state index contributed by atoms with van der Waals surface area (Å²) in [5.74, 6) is -1.07. The largest absolute Gasteiger partial charge is 0.383 e. The van der Waals surface area contributed by atoms with Gasteiger partial charge in [-0.05, 0) is 26.0 Å². The average molecular weight is 272 g/mol. The van der Waals surface area contributed by atoms with E-state index in [-0.39, 0.29) is 11.4 Å². The zero-order valence-corrected chi connectivity index (χ0v) is 10.7. The molecule has 0 fully saturated rings. The molecule has 0 bridgehead atoms. The quantitative estimate of drug-likeness (QED) is 0.911. The molecule has 6 heteroatoms. The maximum absolute atomic E-state index is 13.7. The van der Waals surface area contributed by atoms with Crippen molar-refractivity contribution < 1.29 is 8.78 Å². The Morgan fingerprint density at radius 2 is 1.89 bits per heavy atom. The van der Waals surface area contributed by atoms with Crippen LogP contribution < -0.4 is 5.73 Å². The topological polar surface area (TPSA) is 43.8 Å². The van der Waals surface area contributed by atoms with Crippen LogP contribution in [0.3, 0.4) is 0 Å². The lowest BCUT2D eigenvalue weighted by Crippen LogP contribution is -2.14. The zero-order chi connectivity index (χ0) is 13.4. The molecule has 1 heterocycles. The minimum absolute atomic E-state index is 0.0802. The van der Waals surface area contributed by atoms with E-state index in [1.54, 1.807) is 13.8 Å². The molecule has 0 amide bonds. The molecular formula is C12H12ClF2N3. The number of hydrogen-bond acceptors (Lipinski definition) is 2. The second-order valence-electron chi connectivity index (χ2n) is 4.04. The highest BCUT2D eigenvalue weighted by molar-refractivity contribution is 6.33. The van der Waals surface area contributed by atoms with E-state index < -0.39 is 17.7 Å². The lowest BCUT2D eigenvalue weighted by molar-refractivity contribution is 0.484. The fourth-order valence-corrected chi connectivity index (χ4v) is 2.00. The molecule has 3 nitrogen and oxygen atoms in total. The predicted molar refractivity (Wildman–Crippen MR) is 66.6 cm³/mol. The number of aromatic nitrogens is 2. The van der Waals surface area contributed by atoms with Gasteiger partial charge in [0.15, 0.2) is 0 Å². The van der Waals surface area contributed by atoms with E-state index in [0.29, 0.717) is 10.7 Å². The number of anilines is 1. The molecule has 96 valence electrons. The summed E-state index contributed by atoms with van der Waals surface area (Å²) in [6.45, 7) is 3.29. The first-order valence-electron chi connectivity index (χ1n) is 5.37. The summed E-state index contributed by atoms with van der Waals surface area (Å²) in [6, 6.07) is 3.04. The third kappa shape index (κ3) is 1.95. The monoisotopic (exact) mass is 271 g/mol. The molecule has 1 unspecified atom stereocenters. The molecule has 0 aliphatic rings. The van der Waals surface area contributed by atoms with Gasteiger partial charge in [0.25, 0.3) is 0 Å². The van der Waals surface area contributed by atoms with Gasteiger partial charge in [-0.2, -0.15) is 5.10 Å². The average Bonchev–Trinajstić information content (AvgIpc) is 2.56. The molecule has 0 aliphatic carbocycles. The van der Waals surface area contributed by atoms with E-state index in [0.717, 1.165) is 0 Å². The summed E-state index contributed by atoms with van der Waals surface area (Å²) in [5.41, 5.74) is 6.21. The van der Waals surface area contributed by atoms with Crippen LogP contribution >= 0.6 is 11.6 Å². The first-order valence-corrected chi connectivity index (χ1v) is 5.75. The van der Waals surface area contributed by atoms with Gasteiger partial charge < -0.3 is 5.73 Å². The minimum Gasteiger partial charge on any atom is -0.383 e. The SMILES string of the molecule is Cc1nn(C(C)c2c(F)cccc2F)c(N)c1Cl. The molecule has 1 aromatic carbocycles. The number of benzene rings is 1. The Kier molecular flexibility index (Phi) is 3.26. The number of nitrogens with zero attached hydrogens (tertiary/aromatic N) is 2. The van der Waals surface area contributed by atoms with Gasteiger partial charge in [0.1, 0.15) is 22.5 Å². The van der Waals surface area contributed by atoms with Gasteiger partial charge in [0, 0.05) is 5.56 Å². The van der Waals surface area contributed by atoms with Crippen LogP contribution in [0.25, 0.3) is 0 Å². The number of halogens is 3. The normalized spacial score (nSPS) is 12.7. The van der Waals surface area contributed by atoms with Crippen molar-refractivity contribution in [3.63, 3.8) is 0 Å². The van der Waals surface area contributed by atoms with Crippen LogP contribution in [0.4, 0.5) is 14.6 Å². The minimum atomic E-state index is -0.669. The maximum Gasteiger partial charge on any atom is 0.141 e. The van der Waals surface area contributed by atoms with Crippen molar-refractivity contribution in [3.8, 4) is 0 Å². The summed E-state index contributed by atoms with van der Waals surface area (Å²) in [5, 5.41) is 4.40. The van der Waals surface area contributed by atoms with Crippen molar-refractivity contribution in [2.24, 2.45) is 0 Å². The number of aryl methyl sites for hydroxylation is 1. The molecule has 2 rings (SSSR count). The van der Waals surface area contributed by atoms with Crippen LogP contribution in [0, 0.1) is 18.6 Å². The van der Waals surface area contributed by atoms with Crippen molar-refractivity contribution in [1.29, 1.82) is 0 Å². The molecule has 0 spiro atoms. The van der Waals surface area contributed by atoms with E-state index in [1.165, 1.54) is 22.9 Å². The van der Waals surface area contributed by atoms with Crippen LogP contribution in [0.15, 0.2) is 18.2 Å². The third-order valence-electron chi connectivity index (χ3n) is 2.83. The van der Waals surface area contributed by atoms with Crippen LogP contribution in [0.5, 0.6) is 0 Å². The standard InChI is InChI=1S/C12H12ClF2N3/c1-6-11(13)12(16)18(17-6)7(2)10-8(14)4-3-5-9(10)15/h3-5,7H,16H2,1-2H3. The maximum atomic E-state index is 13.7. The number of rotatable bonds is 2. The van der Waals surface area contributed by atoms with E-state index in [1.807, 2.05) is 0 Å². The van der Waals surface area contributed by atoms with E-state index in [2.05, 4.69) is 5.10 Å². The Bertz CT molecular complexity index is 575. The fraction of sp³-hybridized carbons (Fsp3) is 0.250. The Morgan fingerprint density at radius 1 is 1.33 bits per heavy atom. The highest BCUT2D eigenvalue weighted by atomic mass is 35.5. The molecule has 1 aromatic heterocycles. The van der Waals surface area contributed by atoms with Crippen molar-refractivity contribution >= 4 is 17.4 Å².